The summed E-state index contributed by atoms with van der Waals surface area (Å²) in [4.78, 5) is 48.9. The zero-order valence-electron chi connectivity index (χ0n) is 17.9. The molecule has 0 spiro atoms. The highest BCUT2D eigenvalue weighted by atomic mass is 19.1. The van der Waals surface area contributed by atoms with E-state index >= 15 is 0 Å². The number of fused-ring (bicyclic) bond motifs is 2. The zero-order chi connectivity index (χ0) is 23.5. The number of hydrogen-bond donors (Lipinski definition) is 1. The predicted molar refractivity (Wildman–Crippen MR) is 113 cm³/mol. The number of ether oxygens (including phenoxy) is 2. The van der Waals surface area contributed by atoms with Crippen molar-refractivity contribution in [2.45, 2.75) is 25.4 Å². The van der Waals surface area contributed by atoms with E-state index in [4.69, 9.17) is 0 Å². The van der Waals surface area contributed by atoms with Crippen LogP contribution in [0.2, 0.25) is 0 Å². The smallest absolute Gasteiger partial charge is 0.328 e. The van der Waals surface area contributed by atoms with Crippen LogP contribution >= 0.6 is 0 Å². The molecule has 0 saturated heterocycles. The van der Waals surface area contributed by atoms with Crippen molar-refractivity contribution in [3.05, 3.63) is 59.7 Å². The van der Waals surface area contributed by atoms with Gasteiger partial charge >= 0.3 is 11.9 Å². The fourth-order valence-corrected chi connectivity index (χ4v) is 3.72. The molecule has 170 valence electrons. The van der Waals surface area contributed by atoms with E-state index in [9.17, 15) is 18.8 Å². The Hall–Kier alpha value is -4.15. The number of allylic oxidation sites excluding steroid dienone is 1. The lowest BCUT2D eigenvalue weighted by Gasteiger charge is -2.15. The van der Waals surface area contributed by atoms with Crippen molar-refractivity contribution in [3.8, 4) is 0 Å². The maximum atomic E-state index is 13.8. The molecule has 11 heteroatoms. The standard InChI is InChI=1S/C22H20FN5O5/c1-32-19(30)8-17(22(31)33-2)27-18(29)10-28-6-5-14-20(25-11-26-21(14)28)13-3-4-16-15(13)7-12(23)9-24-16/h3,5-7,9,11,17H,4,8,10H2,1-2H3,(H,27,29)/t17-/m0/s1. The summed E-state index contributed by atoms with van der Waals surface area (Å²) in [7, 11) is 2.35. The summed E-state index contributed by atoms with van der Waals surface area (Å²) in [5.41, 5.74) is 3.26. The van der Waals surface area contributed by atoms with E-state index in [0.717, 1.165) is 18.4 Å². The van der Waals surface area contributed by atoms with Gasteiger partial charge < -0.3 is 19.4 Å². The van der Waals surface area contributed by atoms with Crippen LogP contribution in [0.25, 0.3) is 16.6 Å². The van der Waals surface area contributed by atoms with Crippen molar-refractivity contribution in [1.82, 2.24) is 24.8 Å². The van der Waals surface area contributed by atoms with Crippen molar-refractivity contribution < 1.29 is 28.2 Å². The lowest BCUT2D eigenvalue weighted by molar-refractivity contribution is -0.150. The third-order valence-corrected chi connectivity index (χ3v) is 5.27. The minimum Gasteiger partial charge on any atom is -0.469 e. The number of carbonyl (C=O) groups excluding carboxylic acids is 3. The summed E-state index contributed by atoms with van der Waals surface area (Å²) < 4.78 is 24.6. The molecule has 1 aliphatic carbocycles. The third-order valence-electron chi connectivity index (χ3n) is 5.27. The summed E-state index contributed by atoms with van der Waals surface area (Å²) in [5, 5.41) is 3.16. The van der Waals surface area contributed by atoms with Gasteiger partial charge in [0.25, 0.3) is 0 Å². The SMILES string of the molecule is COC(=O)C[C@H](NC(=O)Cn1ccc2c(C3=CCc4ncc(F)cc43)ncnc21)C(=O)OC. The maximum absolute atomic E-state index is 13.8. The second-order valence-electron chi connectivity index (χ2n) is 7.30. The van der Waals surface area contributed by atoms with Crippen LogP contribution in [-0.4, -0.2) is 57.6 Å². The molecule has 0 saturated carbocycles. The molecule has 0 radical (unpaired) electrons. The van der Waals surface area contributed by atoms with Gasteiger partial charge in [-0.3, -0.25) is 14.6 Å². The van der Waals surface area contributed by atoms with Gasteiger partial charge in [0.15, 0.2) is 0 Å². The van der Waals surface area contributed by atoms with Crippen molar-refractivity contribution in [2.75, 3.05) is 14.2 Å². The van der Waals surface area contributed by atoms with Crippen LogP contribution in [-0.2, 0) is 36.8 Å². The van der Waals surface area contributed by atoms with Crippen LogP contribution in [0.15, 0.2) is 36.9 Å². The Labute approximate surface area is 187 Å². The zero-order valence-corrected chi connectivity index (χ0v) is 17.9. The quantitative estimate of drug-likeness (QED) is 0.529. The summed E-state index contributed by atoms with van der Waals surface area (Å²) in [5.74, 6) is -2.38. The molecule has 3 heterocycles. The summed E-state index contributed by atoms with van der Waals surface area (Å²) in [6.45, 7) is -0.166. The van der Waals surface area contributed by atoms with Crippen LogP contribution in [0.4, 0.5) is 4.39 Å². The Morgan fingerprint density at radius 2 is 2.03 bits per heavy atom. The topological polar surface area (TPSA) is 125 Å². The number of hydrogen-bond acceptors (Lipinski definition) is 8. The molecule has 1 N–H and O–H groups in total. The predicted octanol–water partition coefficient (Wildman–Crippen LogP) is 1.17. The lowest BCUT2D eigenvalue weighted by atomic mass is 10.0. The molecular weight excluding hydrogens is 433 g/mol. The van der Waals surface area contributed by atoms with E-state index in [1.54, 1.807) is 16.8 Å². The molecule has 1 amide bonds. The first-order valence-corrected chi connectivity index (χ1v) is 10.0. The minimum absolute atomic E-state index is 0.166. The highest BCUT2D eigenvalue weighted by molar-refractivity contribution is 5.95. The molecule has 0 aliphatic heterocycles. The molecule has 3 aromatic heterocycles. The van der Waals surface area contributed by atoms with Crippen molar-refractivity contribution >= 4 is 34.5 Å². The van der Waals surface area contributed by atoms with Crippen LogP contribution < -0.4 is 5.32 Å². The molecule has 1 atom stereocenters. The highest BCUT2D eigenvalue weighted by Gasteiger charge is 2.26. The summed E-state index contributed by atoms with van der Waals surface area (Å²) in [6.07, 6.45) is 6.35. The minimum atomic E-state index is -1.18. The number of halogens is 1. The first kappa shape index (κ1) is 22.1. The largest absolute Gasteiger partial charge is 0.469 e. The molecule has 33 heavy (non-hydrogen) atoms. The molecule has 0 fully saturated rings. The lowest BCUT2D eigenvalue weighted by Crippen LogP contribution is -2.44. The Morgan fingerprint density at radius 1 is 1.21 bits per heavy atom. The van der Waals surface area contributed by atoms with Gasteiger partial charge in [0.05, 0.1) is 38.2 Å². The number of esters is 2. The summed E-state index contributed by atoms with van der Waals surface area (Å²) >= 11 is 0. The van der Waals surface area contributed by atoms with E-state index in [2.05, 4.69) is 29.7 Å². The molecular formula is C22H20FN5O5. The fraction of sp³-hybridized carbons (Fsp3) is 0.273. The number of nitrogens with one attached hydrogen (secondary N) is 1. The van der Waals surface area contributed by atoms with Gasteiger partial charge in [0.2, 0.25) is 5.91 Å². The molecule has 0 bridgehead atoms. The van der Waals surface area contributed by atoms with E-state index in [1.807, 2.05) is 6.08 Å². The Bertz CT molecular complexity index is 1290. The van der Waals surface area contributed by atoms with E-state index in [0.29, 0.717) is 28.7 Å². The normalized spacial score (nSPS) is 13.2. The Morgan fingerprint density at radius 3 is 2.79 bits per heavy atom. The number of nitrogens with zero attached hydrogens (tertiary/aromatic N) is 4. The monoisotopic (exact) mass is 453 g/mol. The van der Waals surface area contributed by atoms with Crippen LogP contribution in [0.5, 0.6) is 0 Å². The van der Waals surface area contributed by atoms with Crippen molar-refractivity contribution in [1.29, 1.82) is 0 Å². The van der Waals surface area contributed by atoms with Crippen molar-refractivity contribution in [3.63, 3.8) is 0 Å². The second kappa shape index (κ2) is 9.15. The third kappa shape index (κ3) is 4.43. The molecule has 10 nitrogen and oxygen atoms in total. The van der Waals surface area contributed by atoms with Gasteiger partial charge in [-0.25, -0.2) is 19.2 Å². The number of amides is 1. The molecule has 1 aliphatic rings. The molecule has 3 aromatic rings. The van der Waals surface area contributed by atoms with E-state index in [1.165, 1.54) is 25.7 Å². The number of rotatable bonds is 7. The first-order chi connectivity index (χ1) is 15.9. The number of methoxy groups -OCH3 is 2. The maximum Gasteiger partial charge on any atom is 0.328 e. The van der Waals surface area contributed by atoms with Gasteiger partial charge in [-0.2, -0.15) is 0 Å². The van der Waals surface area contributed by atoms with Crippen LogP contribution in [0, 0.1) is 5.82 Å². The Balaban J connectivity index is 1.58. The number of carbonyl (C=O) groups is 3. The second-order valence-corrected chi connectivity index (χ2v) is 7.30. The fourth-order valence-electron chi connectivity index (χ4n) is 3.72. The molecule has 0 aromatic carbocycles. The van der Waals surface area contributed by atoms with E-state index < -0.39 is 29.7 Å². The molecule has 4 rings (SSSR count). The summed E-state index contributed by atoms with van der Waals surface area (Å²) in [6, 6.07) is 2.01. The first-order valence-electron chi connectivity index (χ1n) is 10.0. The van der Waals surface area contributed by atoms with Gasteiger partial charge in [0.1, 0.15) is 30.4 Å². The molecule has 0 unspecified atom stereocenters. The average Bonchev–Trinajstić information content (AvgIpc) is 3.41. The number of pyridine rings is 1. The van der Waals surface area contributed by atoms with Gasteiger partial charge in [-0.15, -0.1) is 0 Å². The highest BCUT2D eigenvalue weighted by Crippen LogP contribution is 2.34. The van der Waals surface area contributed by atoms with Gasteiger partial charge in [-0.05, 0) is 12.1 Å². The number of aromatic nitrogens is 4. The van der Waals surface area contributed by atoms with Gasteiger partial charge in [0, 0.05) is 29.1 Å². The van der Waals surface area contributed by atoms with Crippen LogP contribution in [0.3, 0.4) is 0 Å². The van der Waals surface area contributed by atoms with Crippen LogP contribution in [0.1, 0.15) is 23.4 Å². The van der Waals surface area contributed by atoms with Gasteiger partial charge in [-0.1, -0.05) is 6.08 Å². The Kier molecular flexibility index (Phi) is 6.11. The average molecular weight is 453 g/mol. The van der Waals surface area contributed by atoms with E-state index in [-0.39, 0.29) is 13.0 Å². The van der Waals surface area contributed by atoms with Crippen molar-refractivity contribution in [2.24, 2.45) is 0 Å².